The number of ether oxygens (including phenoxy) is 3. The molecule has 0 spiro atoms. The number of amides is 1. The summed E-state index contributed by atoms with van der Waals surface area (Å²) in [4.78, 5) is 28.0. The van der Waals surface area contributed by atoms with Crippen LogP contribution >= 0.6 is 33.9 Å². The fourth-order valence-corrected chi connectivity index (χ4v) is 3.52. The molecular weight excluding hydrogens is 514 g/mol. The third kappa shape index (κ3) is 7.77. The fraction of sp³-hybridized carbons (Fsp3) is 0.421. The van der Waals surface area contributed by atoms with Crippen LogP contribution in [-0.4, -0.2) is 42.4 Å². The quantitative estimate of drug-likeness (QED) is 0.422. The molecule has 0 aliphatic rings. The first-order chi connectivity index (χ1) is 13.6. The highest BCUT2D eigenvalue weighted by Gasteiger charge is 2.22. The van der Waals surface area contributed by atoms with Gasteiger partial charge in [-0.05, 0) is 61.6 Å². The Bertz CT molecular complexity index is 869. The maximum absolute atomic E-state index is 14.0. The van der Waals surface area contributed by atoms with Gasteiger partial charge in [0.2, 0.25) is 0 Å². The largest absolute Gasteiger partial charge is 0.488 e. The van der Waals surface area contributed by atoms with Gasteiger partial charge >= 0.3 is 12.1 Å². The minimum absolute atomic E-state index is 0.0100. The Labute approximate surface area is 186 Å². The number of halogens is 2. The van der Waals surface area contributed by atoms with E-state index in [2.05, 4.69) is 15.0 Å². The van der Waals surface area contributed by atoms with Gasteiger partial charge in [0.1, 0.15) is 12.2 Å². The van der Waals surface area contributed by atoms with Crippen molar-refractivity contribution >= 4 is 46.0 Å². The predicted octanol–water partition coefficient (Wildman–Crippen LogP) is 4.19. The molecule has 1 aromatic carbocycles. The van der Waals surface area contributed by atoms with Crippen LogP contribution in [0.3, 0.4) is 0 Å². The molecule has 2 rings (SSSR count). The number of nitrogens with zero attached hydrogens (tertiary/aromatic N) is 1. The minimum atomic E-state index is -0.670. The second-order valence-electron chi connectivity index (χ2n) is 7.05. The van der Waals surface area contributed by atoms with E-state index < -0.39 is 29.5 Å². The van der Waals surface area contributed by atoms with Crippen molar-refractivity contribution < 1.29 is 28.2 Å². The molecule has 158 valence electrons. The highest BCUT2D eigenvalue weighted by molar-refractivity contribution is 14.1. The Morgan fingerprint density at radius 1 is 1.34 bits per heavy atom. The van der Waals surface area contributed by atoms with Gasteiger partial charge in [-0.2, -0.15) is 0 Å². The summed E-state index contributed by atoms with van der Waals surface area (Å²) < 4.78 is 30.3. The molecule has 1 atom stereocenters. The standard InChI is InChI=1S/C19H22FIN2O5S/c1-19(2,3)28-18(25)22-12(8-16-23-14(10-29-16)17(24)26-4)9-27-15-6-5-11(21)7-13(15)20/h5-7,10,12H,8-9H2,1-4H3,(H,22,25). The van der Waals surface area contributed by atoms with Crippen LogP contribution in [0.4, 0.5) is 9.18 Å². The summed E-state index contributed by atoms with van der Waals surface area (Å²) in [5, 5.41) is 4.89. The van der Waals surface area contributed by atoms with Crippen LogP contribution < -0.4 is 10.1 Å². The third-order valence-corrected chi connectivity index (χ3v) is 4.96. The van der Waals surface area contributed by atoms with Crippen LogP contribution in [0.5, 0.6) is 5.75 Å². The number of carbonyl (C=O) groups excluding carboxylic acids is 2. The van der Waals surface area contributed by atoms with Crippen LogP contribution in [0.1, 0.15) is 36.3 Å². The van der Waals surface area contributed by atoms with Crippen molar-refractivity contribution in [1.29, 1.82) is 0 Å². The van der Waals surface area contributed by atoms with E-state index in [9.17, 15) is 14.0 Å². The van der Waals surface area contributed by atoms with Crippen molar-refractivity contribution in [3.8, 4) is 5.75 Å². The molecule has 1 amide bonds. The Balaban J connectivity index is 2.10. The second kappa shape index (κ2) is 10.2. The molecule has 2 aromatic rings. The van der Waals surface area contributed by atoms with Gasteiger partial charge < -0.3 is 19.5 Å². The lowest BCUT2D eigenvalue weighted by atomic mass is 10.2. The number of nitrogens with one attached hydrogen (secondary N) is 1. The number of esters is 1. The van der Waals surface area contributed by atoms with Crippen LogP contribution in [0.15, 0.2) is 23.6 Å². The number of carbonyl (C=O) groups is 2. The topological polar surface area (TPSA) is 86.8 Å². The molecule has 29 heavy (non-hydrogen) atoms. The van der Waals surface area contributed by atoms with Crippen LogP contribution in [0.2, 0.25) is 0 Å². The lowest BCUT2D eigenvalue weighted by Crippen LogP contribution is -2.43. The van der Waals surface area contributed by atoms with Crippen LogP contribution in [0, 0.1) is 9.39 Å². The normalized spacial score (nSPS) is 12.2. The molecule has 1 heterocycles. The number of hydrogen-bond acceptors (Lipinski definition) is 7. The van der Waals surface area contributed by atoms with E-state index in [0.717, 1.165) is 3.57 Å². The van der Waals surface area contributed by atoms with Gasteiger partial charge in [0.15, 0.2) is 17.3 Å². The zero-order valence-electron chi connectivity index (χ0n) is 16.5. The Morgan fingerprint density at radius 3 is 2.69 bits per heavy atom. The summed E-state index contributed by atoms with van der Waals surface area (Å²) in [7, 11) is 1.28. The molecule has 0 saturated heterocycles. The average molecular weight is 536 g/mol. The highest BCUT2D eigenvalue weighted by Crippen LogP contribution is 2.20. The van der Waals surface area contributed by atoms with E-state index in [0.29, 0.717) is 5.01 Å². The number of aromatic nitrogens is 1. The first kappa shape index (κ1) is 23.3. The number of benzene rings is 1. The SMILES string of the molecule is COC(=O)c1csc(CC(COc2ccc(I)cc2F)NC(=O)OC(C)(C)C)n1. The van der Waals surface area contributed by atoms with Gasteiger partial charge in [-0.1, -0.05) is 0 Å². The first-order valence-corrected chi connectivity index (χ1v) is 10.6. The molecule has 1 unspecified atom stereocenters. The van der Waals surface area contributed by atoms with E-state index in [4.69, 9.17) is 9.47 Å². The maximum atomic E-state index is 14.0. The molecule has 0 aliphatic carbocycles. The van der Waals surface area contributed by atoms with Crippen molar-refractivity contribution in [2.75, 3.05) is 13.7 Å². The van der Waals surface area contributed by atoms with Gasteiger partial charge in [0.05, 0.1) is 18.2 Å². The van der Waals surface area contributed by atoms with E-state index in [-0.39, 0.29) is 24.5 Å². The summed E-state index contributed by atoms with van der Waals surface area (Å²) in [6, 6.07) is 4.05. The summed E-state index contributed by atoms with van der Waals surface area (Å²) in [5.41, 5.74) is -0.482. The Hall–Kier alpha value is -1.95. The summed E-state index contributed by atoms with van der Waals surface area (Å²) in [6.07, 6.45) is -0.355. The summed E-state index contributed by atoms with van der Waals surface area (Å²) in [5.74, 6) is -0.952. The number of alkyl carbamates (subject to hydrolysis) is 1. The molecule has 0 aliphatic heterocycles. The first-order valence-electron chi connectivity index (χ1n) is 8.67. The number of rotatable bonds is 7. The van der Waals surface area contributed by atoms with E-state index in [1.165, 1.54) is 30.6 Å². The lowest BCUT2D eigenvalue weighted by molar-refractivity contribution is 0.0485. The van der Waals surface area contributed by atoms with Crippen molar-refractivity contribution in [3.63, 3.8) is 0 Å². The van der Waals surface area contributed by atoms with Gasteiger partial charge in [-0.3, -0.25) is 0 Å². The molecule has 0 saturated carbocycles. The smallest absolute Gasteiger partial charge is 0.408 e. The van der Waals surface area contributed by atoms with Crippen molar-refractivity contribution in [1.82, 2.24) is 10.3 Å². The third-order valence-electron chi connectivity index (χ3n) is 3.42. The fourth-order valence-electron chi connectivity index (χ4n) is 2.22. The summed E-state index contributed by atoms with van der Waals surface area (Å²) >= 11 is 3.26. The van der Waals surface area contributed by atoms with E-state index >= 15 is 0 Å². The Kier molecular flexibility index (Phi) is 8.20. The van der Waals surface area contributed by atoms with E-state index in [1.54, 1.807) is 32.2 Å². The zero-order chi connectivity index (χ0) is 21.6. The van der Waals surface area contributed by atoms with Crippen LogP contribution in [-0.2, 0) is 15.9 Å². The van der Waals surface area contributed by atoms with Crippen molar-refractivity contribution in [2.24, 2.45) is 0 Å². The molecule has 0 radical (unpaired) electrons. The second-order valence-corrected chi connectivity index (χ2v) is 9.24. The molecule has 0 bridgehead atoms. The summed E-state index contributed by atoms with van der Waals surface area (Å²) in [6.45, 7) is 5.25. The highest BCUT2D eigenvalue weighted by atomic mass is 127. The Morgan fingerprint density at radius 2 is 2.07 bits per heavy atom. The minimum Gasteiger partial charge on any atom is -0.488 e. The molecule has 1 aromatic heterocycles. The number of methoxy groups -OCH3 is 1. The molecule has 7 nitrogen and oxygen atoms in total. The molecular formula is C19H22FIN2O5S. The number of thiazole rings is 1. The zero-order valence-corrected chi connectivity index (χ0v) is 19.4. The monoisotopic (exact) mass is 536 g/mol. The maximum Gasteiger partial charge on any atom is 0.408 e. The molecule has 10 heteroatoms. The van der Waals surface area contributed by atoms with Gasteiger partial charge in [0.25, 0.3) is 0 Å². The number of hydrogen-bond donors (Lipinski definition) is 1. The van der Waals surface area contributed by atoms with Gasteiger partial charge in [0, 0.05) is 15.4 Å². The average Bonchev–Trinajstić information content (AvgIpc) is 3.07. The van der Waals surface area contributed by atoms with Gasteiger partial charge in [-0.15, -0.1) is 11.3 Å². The molecule has 0 fully saturated rings. The molecule has 1 N–H and O–H groups in total. The van der Waals surface area contributed by atoms with Gasteiger partial charge in [-0.25, -0.2) is 19.0 Å². The lowest BCUT2D eigenvalue weighted by Gasteiger charge is -2.23. The van der Waals surface area contributed by atoms with Crippen molar-refractivity contribution in [2.45, 2.75) is 38.8 Å². The predicted molar refractivity (Wildman–Crippen MR) is 115 cm³/mol. The van der Waals surface area contributed by atoms with Crippen LogP contribution in [0.25, 0.3) is 0 Å². The van der Waals surface area contributed by atoms with Crippen molar-refractivity contribution in [3.05, 3.63) is 43.7 Å². The van der Waals surface area contributed by atoms with E-state index in [1.807, 2.05) is 22.6 Å².